The van der Waals surface area contributed by atoms with Crippen molar-refractivity contribution in [3.05, 3.63) is 63.9 Å². The molecule has 0 unspecified atom stereocenters. The first-order valence-electron chi connectivity index (χ1n) is 9.67. The van der Waals surface area contributed by atoms with E-state index in [1.54, 1.807) is 29.8 Å². The largest absolute Gasteiger partial charge is 0.326 e. The summed E-state index contributed by atoms with van der Waals surface area (Å²) in [7, 11) is 1.78. The van der Waals surface area contributed by atoms with Crippen LogP contribution in [0.2, 0.25) is 5.02 Å². The molecule has 1 heterocycles. The summed E-state index contributed by atoms with van der Waals surface area (Å²) in [6.45, 7) is 5.91. The van der Waals surface area contributed by atoms with Gasteiger partial charge in [-0.05, 0) is 67.8 Å². The Labute approximate surface area is 190 Å². The molecule has 0 saturated carbocycles. The van der Waals surface area contributed by atoms with Gasteiger partial charge in [0.15, 0.2) is 5.16 Å². The van der Waals surface area contributed by atoms with Gasteiger partial charge in [-0.1, -0.05) is 29.4 Å². The van der Waals surface area contributed by atoms with E-state index in [0.29, 0.717) is 16.0 Å². The minimum absolute atomic E-state index is 0.0904. The Kier molecular flexibility index (Phi) is 7.35. The van der Waals surface area contributed by atoms with E-state index >= 15 is 0 Å². The quantitative estimate of drug-likeness (QED) is 0.516. The number of benzene rings is 2. The minimum atomic E-state index is -0.175. The number of carbonyl (C=O) groups excluding carboxylic acids is 2. The number of rotatable bonds is 7. The SMILES string of the molecule is Cc1ccc(NC(=O)Cc2nnc(SCC(=O)Nc3ccc(Cl)cc3C)n2C)cc1C. The van der Waals surface area contributed by atoms with Gasteiger partial charge in [-0.3, -0.25) is 9.59 Å². The molecule has 0 aliphatic carbocycles. The van der Waals surface area contributed by atoms with Gasteiger partial charge in [-0.2, -0.15) is 0 Å². The summed E-state index contributed by atoms with van der Waals surface area (Å²) >= 11 is 7.20. The Hall–Kier alpha value is -2.84. The molecule has 0 aliphatic heterocycles. The van der Waals surface area contributed by atoms with Crippen LogP contribution in [0.1, 0.15) is 22.5 Å². The number of halogens is 1. The van der Waals surface area contributed by atoms with Crippen molar-refractivity contribution in [2.24, 2.45) is 7.05 Å². The number of aromatic nitrogens is 3. The van der Waals surface area contributed by atoms with Crippen molar-refractivity contribution < 1.29 is 9.59 Å². The summed E-state index contributed by atoms with van der Waals surface area (Å²) in [5.41, 5.74) is 4.64. The van der Waals surface area contributed by atoms with E-state index in [9.17, 15) is 9.59 Å². The highest BCUT2D eigenvalue weighted by atomic mass is 35.5. The predicted octanol–water partition coefficient (Wildman–Crippen LogP) is 4.31. The summed E-state index contributed by atoms with van der Waals surface area (Å²) in [6, 6.07) is 11.1. The fourth-order valence-electron chi connectivity index (χ4n) is 2.88. The molecule has 9 heteroatoms. The summed E-state index contributed by atoms with van der Waals surface area (Å²) in [5, 5.41) is 15.1. The smallest absolute Gasteiger partial charge is 0.234 e. The van der Waals surface area contributed by atoms with Crippen molar-refractivity contribution >= 4 is 46.6 Å². The highest BCUT2D eigenvalue weighted by Crippen LogP contribution is 2.21. The molecule has 0 aliphatic rings. The van der Waals surface area contributed by atoms with Gasteiger partial charge in [0, 0.05) is 23.4 Å². The third-order valence-corrected chi connectivity index (χ3v) is 6.08. The topological polar surface area (TPSA) is 88.9 Å². The van der Waals surface area contributed by atoms with E-state index in [1.807, 2.05) is 39.0 Å². The predicted molar refractivity (Wildman–Crippen MR) is 125 cm³/mol. The van der Waals surface area contributed by atoms with Crippen LogP contribution in [0.4, 0.5) is 11.4 Å². The number of carbonyl (C=O) groups is 2. The zero-order valence-corrected chi connectivity index (χ0v) is 19.4. The van der Waals surface area contributed by atoms with Gasteiger partial charge in [0.2, 0.25) is 11.8 Å². The van der Waals surface area contributed by atoms with Gasteiger partial charge in [0.1, 0.15) is 5.82 Å². The maximum absolute atomic E-state index is 12.4. The van der Waals surface area contributed by atoms with Gasteiger partial charge >= 0.3 is 0 Å². The number of aryl methyl sites for hydroxylation is 3. The first-order chi connectivity index (χ1) is 14.7. The van der Waals surface area contributed by atoms with Crippen LogP contribution in [0.15, 0.2) is 41.6 Å². The zero-order valence-electron chi connectivity index (χ0n) is 17.8. The molecule has 7 nitrogen and oxygen atoms in total. The number of nitrogens with zero attached hydrogens (tertiary/aromatic N) is 3. The summed E-state index contributed by atoms with van der Waals surface area (Å²) < 4.78 is 1.73. The number of hydrogen-bond acceptors (Lipinski definition) is 5. The van der Waals surface area contributed by atoms with Crippen LogP contribution in [0.3, 0.4) is 0 Å². The first-order valence-corrected chi connectivity index (χ1v) is 11.0. The monoisotopic (exact) mass is 457 g/mol. The first kappa shape index (κ1) is 22.8. The highest BCUT2D eigenvalue weighted by molar-refractivity contribution is 7.99. The lowest BCUT2D eigenvalue weighted by Gasteiger charge is -2.09. The lowest BCUT2D eigenvalue weighted by Crippen LogP contribution is -2.17. The van der Waals surface area contributed by atoms with Gasteiger partial charge in [-0.15, -0.1) is 10.2 Å². The molecule has 0 atom stereocenters. The second-order valence-electron chi connectivity index (χ2n) is 7.28. The molecule has 3 rings (SSSR count). The van der Waals surface area contributed by atoms with Crippen molar-refractivity contribution in [1.29, 1.82) is 0 Å². The van der Waals surface area contributed by atoms with Gasteiger partial charge in [-0.25, -0.2) is 0 Å². The van der Waals surface area contributed by atoms with Crippen LogP contribution in [0.25, 0.3) is 0 Å². The standard InChI is InChI=1S/C22H24ClN5O2S/c1-13-5-7-17(10-14(13)2)24-20(29)11-19-26-27-22(28(19)4)31-12-21(30)25-18-8-6-16(23)9-15(18)3/h5-10H,11-12H2,1-4H3,(H,24,29)(H,25,30). The van der Waals surface area contributed by atoms with Crippen LogP contribution in [0, 0.1) is 20.8 Å². The normalized spacial score (nSPS) is 10.7. The number of thioether (sulfide) groups is 1. The lowest BCUT2D eigenvalue weighted by atomic mass is 10.1. The van der Waals surface area contributed by atoms with Crippen molar-refractivity contribution in [2.75, 3.05) is 16.4 Å². The molecule has 162 valence electrons. The molecule has 2 N–H and O–H groups in total. The summed E-state index contributed by atoms with van der Waals surface area (Å²) in [6.07, 6.45) is 0.0904. The van der Waals surface area contributed by atoms with Gasteiger partial charge in [0.05, 0.1) is 12.2 Å². The molecule has 2 amide bonds. The third kappa shape index (κ3) is 6.08. The summed E-state index contributed by atoms with van der Waals surface area (Å²) in [5.74, 6) is 0.361. The van der Waals surface area contributed by atoms with Crippen LogP contribution >= 0.6 is 23.4 Å². The zero-order chi connectivity index (χ0) is 22.5. The second-order valence-corrected chi connectivity index (χ2v) is 8.66. The van der Waals surface area contributed by atoms with Gasteiger partial charge in [0.25, 0.3) is 0 Å². The number of amides is 2. The van der Waals surface area contributed by atoms with Crippen LogP contribution in [0.5, 0.6) is 0 Å². The molecule has 0 radical (unpaired) electrons. The maximum Gasteiger partial charge on any atom is 0.234 e. The second kappa shape index (κ2) is 9.98. The molecular formula is C22H24ClN5O2S. The Bertz CT molecular complexity index is 1130. The fraction of sp³-hybridized carbons (Fsp3) is 0.273. The highest BCUT2D eigenvalue weighted by Gasteiger charge is 2.15. The Morgan fingerprint density at radius 1 is 0.968 bits per heavy atom. The molecule has 1 aromatic heterocycles. The van der Waals surface area contributed by atoms with E-state index in [2.05, 4.69) is 20.8 Å². The maximum atomic E-state index is 12.4. The van der Waals surface area contributed by atoms with Crippen molar-refractivity contribution in [2.45, 2.75) is 32.3 Å². The van der Waals surface area contributed by atoms with Crippen molar-refractivity contribution in [1.82, 2.24) is 14.8 Å². The fourth-order valence-corrected chi connectivity index (χ4v) is 3.83. The number of hydrogen-bond donors (Lipinski definition) is 2. The molecule has 0 saturated heterocycles. The molecule has 0 fully saturated rings. The molecule has 31 heavy (non-hydrogen) atoms. The van der Waals surface area contributed by atoms with E-state index in [-0.39, 0.29) is 24.0 Å². The average molecular weight is 458 g/mol. The van der Waals surface area contributed by atoms with Crippen LogP contribution in [-0.4, -0.2) is 32.3 Å². The van der Waals surface area contributed by atoms with E-state index in [1.165, 1.54) is 17.3 Å². The van der Waals surface area contributed by atoms with E-state index in [0.717, 1.165) is 22.5 Å². The van der Waals surface area contributed by atoms with Crippen LogP contribution in [-0.2, 0) is 23.1 Å². The minimum Gasteiger partial charge on any atom is -0.326 e. The van der Waals surface area contributed by atoms with Gasteiger partial charge < -0.3 is 15.2 Å². The van der Waals surface area contributed by atoms with Crippen molar-refractivity contribution in [3.8, 4) is 0 Å². The molecule has 3 aromatic rings. The average Bonchev–Trinajstić information content (AvgIpc) is 3.05. The van der Waals surface area contributed by atoms with Crippen molar-refractivity contribution in [3.63, 3.8) is 0 Å². The van der Waals surface area contributed by atoms with Crippen LogP contribution < -0.4 is 10.6 Å². The molecule has 0 spiro atoms. The number of anilines is 2. The molecule has 0 bridgehead atoms. The summed E-state index contributed by atoms with van der Waals surface area (Å²) in [4.78, 5) is 24.7. The third-order valence-electron chi connectivity index (χ3n) is 4.83. The molecule has 2 aromatic carbocycles. The van der Waals surface area contributed by atoms with E-state index in [4.69, 9.17) is 11.6 Å². The Morgan fingerprint density at radius 2 is 1.74 bits per heavy atom. The Morgan fingerprint density at radius 3 is 2.45 bits per heavy atom. The molecular weight excluding hydrogens is 434 g/mol. The Balaban J connectivity index is 1.55. The van der Waals surface area contributed by atoms with E-state index < -0.39 is 0 Å². The lowest BCUT2D eigenvalue weighted by molar-refractivity contribution is -0.116. The number of nitrogens with one attached hydrogen (secondary N) is 2.